The maximum Gasteiger partial charge on any atom is 0.323 e. The number of urea groups is 1. The summed E-state index contributed by atoms with van der Waals surface area (Å²) in [6, 6.07) is 16.5. The normalized spacial score (nSPS) is 17.5. The molecule has 3 atom stereocenters. The van der Waals surface area contributed by atoms with Crippen LogP contribution in [-0.4, -0.2) is 87.8 Å². The van der Waals surface area contributed by atoms with Crippen LogP contribution in [0, 0.1) is 5.92 Å². The second-order valence-corrected chi connectivity index (χ2v) is 12.6. The molecular formula is C31H38N4O8S. The number of aliphatic hydroxyl groups is 1. The number of likely N-dealkylation sites (N-methyl/N-ethyl adjacent to an activating group) is 1. The van der Waals surface area contributed by atoms with Crippen LogP contribution in [0.15, 0.2) is 71.6 Å². The first kappa shape index (κ1) is 32.6. The fourth-order valence-corrected chi connectivity index (χ4v) is 5.98. The number of carbonyl (C=O) groups excluding carboxylic acids is 2. The molecule has 236 valence electrons. The molecule has 3 N–H and O–H groups in total. The van der Waals surface area contributed by atoms with Crippen molar-refractivity contribution in [1.82, 2.24) is 9.21 Å². The van der Waals surface area contributed by atoms with Crippen LogP contribution in [0.3, 0.4) is 0 Å². The highest BCUT2D eigenvalue weighted by Gasteiger charge is 2.36. The average molecular weight is 627 g/mol. The molecule has 3 aromatic carbocycles. The van der Waals surface area contributed by atoms with E-state index < -0.39 is 28.2 Å². The minimum atomic E-state index is -3.91. The Hall–Kier alpha value is -4.33. The van der Waals surface area contributed by atoms with E-state index in [-0.39, 0.29) is 53.4 Å². The third-order valence-corrected chi connectivity index (χ3v) is 9.33. The first-order valence-corrected chi connectivity index (χ1v) is 15.5. The topological polar surface area (TPSA) is 147 Å². The highest BCUT2D eigenvalue weighted by Crippen LogP contribution is 2.35. The van der Waals surface area contributed by atoms with E-state index in [0.29, 0.717) is 17.2 Å². The Morgan fingerprint density at radius 3 is 2.25 bits per heavy atom. The first-order chi connectivity index (χ1) is 21.0. The first-order valence-electron chi connectivity index (χ1n) is 14.0. The van der Waals surface area contributed by atoms with Gasteiger partial charge in [0.05, 0.1) is 49.6 Å². The van der Waals surface area contributed by atoms with Crippen LogP contribution in [-0.2, 0) is 10.0 Å². The molecule has 0 spiro atoms. The van der Waals surface area contributed by atoms with Crippen molar-refractivity contribution in [2.45, 2.75) is 30.9 Å². The van der Waals surface area contributed by atoms with Gasteiger partial charge < -0.3 is 34.9 Å². The molecule has 0 bridgehead atoms. The van der Waals surface area contributed by atoms with Gasteiger partial charge in [0.2, 0.25) is 10.0 Å². The monoisotopic (exact) mass is 626 g/mol. The molecule has 13 heteroatoms. The van der Waals surface area contributed by atoms with Crippen LogP contribution in [0.5, 0.6) is 17.2 Å². The molecule has 0 aromatic heterocycles. The Morgan fingerprint density at radius 1 is 1.05 bits per heavy atom. The minimum Gasteiger partial charge on any atom is -0.497 e. The van der Waals surface area contributed by atoms with E-state index in [1.807, 2.05) is 6.92 Å². The number of anilines is 2. The van der Waals surface area contributed by atoms with Crippen LogP contribution in [0.1, 0.15) is 24.2 Å². The summed E-state index contributed by atoms with van der Waals surface area (Å²) in [5.74, 6) is 0.512. The fourth-order valence-electron chi connectivity index (χ4n) is 4.80. The SMILES string of the molecule is COc1ccc(NC(=O)Nc2cccc3c2O[C@@H](CN(C)S(=O)(=O)c2ccc(OC)cc2)[C@@H](C)CN([C@@H](C)CO)C3=O)cc1. The number of methoxy groups -OCH3 is 2. The van der Waals surface area contributed by atoms with Gasteiger partial charge in [0.1, 0.15) is 17.6 Å². The van der Waals surface area contributed by atoms with Crippen molar-refractivity contribution in [2.24, 2.45) is 5.92 Å². The summed E-state index contributed by atoms with van der Waals surface area (Å²) in [5.41, 5.74) is 0.905. The highest BCUT2D eigenvalue weighted by atomic mass is 32.2. The molecule has 1 aliphatic rings. The third kappa shape index (κ3) is 7.24. The van der Waals surface area contributed by atoms with Crippen LogP contribution in [0.2, 0.25) is 0 Å². The van der Waals surface area contributed by atoms with E-state index in [9.17, 15) is 23.1 Å². The number of benzene rings is 3. The van der Waals surface area contributed by atoms with Gasteiger partial charge in [0, 0.05) is 25.2 Å². The van der Waals surface area contributed by atoms with Crippen molar-refractivity contribution < 1.29 is 37.3 Å². The molecule has 0 unspecified atom stereocenters. The summed E-state index contributed by atoms with van der Waals surface area (Å²) < 4.78 is 44.9. The summed E-state index contributed by atoms with van der Waals surface area (Å²) in [6.07, 6.45) is -0.735. The molecule has 12 nitrogen and oxygen atoms in total. The van der Waals surface area contributed by atoms with E-state index >= 15 is 0 Å². The van der Waals surface area contributed by atoms with Gasteiger partial charge in [0.25, 0.3) is 5.91 Å². The number of rotatable bonds is 10. The number of carbonyl (C=O) groups is 2. The fraction of sp³-hybridized carbons (Fsp3) is 0.355. The molecule has 44 heavy (non-hydrogen) atoms. The van der Waals surface area contributed by atoms with E-state index in [1.165, 1.54) is 35.5 Å². The lowest BCUT2D eigenvalue weighted by atomic mass is 9.99. The number of nitrogens with zero attached hydrogens (tertiary/aromatic N) is 2. The van der Waals surface area contributed by atoms with Gasteiger partial charge >= 0.3 is 6.03 Å². The second kappa shape index (κ2) is 14.0. The third-order valence-electron chi connectivity index (χ3n) is 7.49. The average Bonchev–Trinajstić information content (AvgIpc) is 3.02. The van der Waals surface area contributed by atoms with Gasteiger partial charge in [-0.25, -0.2) is 13.2 Å². The quantitative estimate of drug-likeness (QED) is 0.307. The number of para-hydroxylation sites is 1. The van der Waals surface area contributed by atoms with Gasteiger partial charge in [-0.3, -0.25) is 4.79 Å². The Morgan fingerprint density at radius 2 is 1.66 bits per heavy atom. The van der Waals surface area contributed by atoms with Crippen molar-refractivity contribution in [1.29, 1.82) is 0 Å². The number of fused-ring (bicyclic) bond motifs is 1. The van der Waals surface area contributed by atoms with E-state index in [4.69, 9.17) is 14.2 Å². The van der Waals surface area contributed by atoms with Gasteiger partial charge in [-0.15, -0.1) is 0 Å². The number of amides is 3. The number of hydrogen-bond donors (Lipinski definition) is 3. The van der Waals surface area contributed by atoms with E-state index in [2.05, 4.69) is 10.6 Å². The molecule has 0 aliphatic carbocycles. The molecule has 0 radical (unpaired) electrons. The lowest BCUT2D eigenvalue weighted by Gasteiger charge is -2.38. The lowest BCUT2D eigenvalue weighted by Crippen LogP contribution is -2.50. The molecule has 0 fully saturated rings. The smallest absolute Gasteiger partial charge is 0.323 e. The zero-order valence-electron chi connectivity index (χ0n) is 25.3. The summed E-state index contributed by atoms with van der Waals surface area (Å²) in [6.45, 7) is 3.45. The Balaban J connectivity index is 1.66. The summed E-state index contributed by atoms with van der Waals surface area (Å²) in [4.78, 5) is 28.4. The number of sulfonamides is 1. The number of aliphatic hydroxyl groups excluding tert-OH is 1. The standard InChI is InChI=1S/C31H38N4O8S/c1-20-17-35(21(2)19-36)30(37)26-7-6-8-27(33-31(38)32-22-9-11-23(41-4)12-10-22)29(26)43-28(20)18-34(3)44(39,40)25-15-13-24(42-5)14-16-25/h6-16,20-21,28,36H,17-19H2,1-5H3,(H2,32,33,38)/t20-,21-,28-/m0/s1. The predicted octanol–water partition coefficient (Wildman–Crippen LogP) is 3.89. The van der Waals surface area contributed by atoms with Crippen LogP contribution in [0.4, 0.5) is 16.2 Å². The number of nitrogens with one attached hydrogen (secondary N) is 2. The van der Waals surface area contributed by atoms with Crippen LogP contribution in [0.25, 0.3) is 0 Å². The molecule has 1 aliphatic heterocycles. The summed E-state index contributed by atoms with van der Waals surface area (Å²) in [7, 11) is 0.591. The minimum absolute atomic E-state index is 0.0586. The zero-order valence-corrected chi connectivity index (χ0v) is 26.1. The number of hydrogen-bond acceptors (Lipinski definition) is 8. The van der Waals surface area contributed by atoms with E-state index in [0.717, 1.165) is 0 Å². The van der Waals surface area contributed by atoms with Gasteiger partial charge in [-0.05, 0) is 67.6 Å². The molecule has 1 heterocycles. The summed E-state index contributed by atoms with van der Waals surface area (Å²) in [5, 5.41) is 15.4. The van der Waals surface area contributed by atoms with Crippen molar-refractivity contribution in [2.75, 3.05) is 51.6 Å². The maximum atomic E-state index is 13.7. The molecule has 3 amide bonds. The molecule has 4 rings (SSSR count). The van der Waals surface area contributed by atoms with Crippen LogP contribution >= 0.6 is 0 Å². The maximum absolute atomic E-state index is 13.7. The Kier molecular flexibility index (Phi) is 10.3. The Labute approximate surface area is 257 Å². The second-order valence-electron chi connectivity index (χ2n) is 10.6. The van der Waals surface area contributed by atoms with Crippen LogP contribution < -0.4 is 24.8 Å². The predicted molar refractivity (Wildman–Crippen MR) is 166 cm³/mol. The molecular weight excluding hydrogens is 588 g/mol. The van der Waals surface area contributed by atoms with Crippen molar-refractivity contribution in [3.63, 3.8) is 0 Å². The number of ether oxygens (including phenoxy) is 3. The van der Waals surface area contributed by atoms with Crippen molar-refractivity contribution in [3.05, 3.63) is 72.3 Å². The van der Waals surface area contributed by atoms with Gasteiger partial charge in [0.15, 0.2) is 5.75 Å². The zero-order chi connectivity index (χ0) is 32.0. The molecule has 3 aromatic rings. The molecule has 0 saturated heterocycles. The molecule has 0 saturated carbocycles. The van der Waals surface area contributed by atoms with Crippen molar-refractivity contribution >= 4 is 33.3 Å². The van der Waals surface area contributed by atoms with Gasteiger partial charge in [-0.1, -0.05) is 13.0 Å². The largest absolute Gasteiger partial charge is 0.497 e. The van der Waals surface area contributed by atoms with Crippen molar-refractivity contribution in [3.8, 4) is 17.2 Å². The Bertz CT molecular complexity index is 1560. The van der Waals surface area contributed by atoms with Gasteiger partial charge in [-0.2, -0.15) is 4.31 Å². The highest BCUT2D eigenvalue weighted by molar-refractivity contribution is 7.89. The lowest BCUT2D eigenvalue weighted by molar-refractivity contribution is 0.0389. The van der Waals surface area contributed by atoms with E-state index in [1.54, 1.807) is 68.6 Å². The summed E-state index contributed by atoms with van der Waals surface area (Å²) >= 11 is 0.